The highest BCUT2D eigenvalue weighted by Gasteiger charge is 2.62. The van der Waals surface area contributed by atoms with Crippen LogP contribution in [0.2, 0.25) is 0 Å². The number of nitrogens with one attached hydrogen (secondary N) is 3. The van der Waals surface area contributed by atoms with Crippen molar-refractivity contribution in [1.29, 1.82) is 0 Å². The van der Waals surface area contributed by atoms with Crippen LogP contribution in [-0.4, -0.2) is 44.0 Å². The summed E-state index contributed by atoms with van der Waals surface area (Å²) in [5, 5.41) is 7.75. The van der Waals surface area contributed by atoms with E-state index in [0.29, 0.717) is 25.5 Å². The summed E-state index contributed by atoms with van der Waals surface area (Å²) in [5.41, 5.74) is -3.08. The monoisotopic (exact) mass is 537 g/mol. The minimum absolute atomic E-state index is 0.0558. The van der Waals surface area contributed by atoms with Crippen molar-refractivity contribution in [2.45, 2.75) is 49.7 Å². The van der Waals surface area contributed by atoms with Crippen molar-refractivity contribution in [2.75, 3.05) is 18.5 Å². The molecule has 0 bridgehead atoms. The molecule has 2 aromatic rings. The zero-order chi connectivity index (χ0) is 26.8. The zero-order valence-corrected chi connectivity index (χ0v) is 19.0. The minimum atomic E-state index is -5.01. The second kappa shape index (κ2) is 10.2. The molecule has 3 N–H and O–H groups in total. The molecule has 14 heteroatoms. The predicted molar refractivity (Wildman–Crippen MR) is 115 cm³/mol. The third-order valence-corrected chi connectivity index (χ3v) is 5.98. The van der Waals surface area contributed by atoms with E-state index in [9.17, 15) is 35.5 Å². The fraction of sp³-hybridized carbons (Fsp3) is 0.435. The van der Waals surface area contributed by atoms with Crippen LogP contribution in [0.5, 0.6) is 11.5 Å². The van der Waals surface area contributed by atoms with E-state index < -0.39 is 53.7 Å². The summed E-state index contributed by atoms with van der Waals surface area (Å²) in [5.74, 6) is -2.04. The van der Waals surface area contributed by atoms with Gasteiger partial charge < -0.3 is 24.8 Å². The maximum Gasteiger partial charge on any atom is 0.573 e. The molecule has 2 aliphatic rings. The third kappa shape index (κ3) is 6.01. The molecule has 0 aromatic heterocycles. The molecule has 2 fully saturated rings. The number of piperidine rings is 1. The number of amides is 2. The predicted octanol–water partition coefficient (Wildman–Crippen LogP) is 5.18. The van der Waals surface area contributed by atoms with Gasteiger partial charge in [-0.3, -0.25) is 5.32 Å². The largest absolute Gasteiger partial charge is 0.573 e. The van der Waals surface area contributed by atoms with Gasteiger partial charge in [-0.15, -0.1) is 13.2 Å². The average molecular weight is 537 g/mol. The van der Waals surface area contributed by atoms with E-state index in [-0.39, 0.29) is 24.3 Å². The first-order valence-corrected chi connectivity index (χ1v) is 11.2. The van der Waals surface area contributed by atoms with Crippen LogP contribution in [-0.2, 0) is 10.3 Å². The lowest BCUT2D eigenvalue weighted by molar-refractivity contribution is -0.334. The number of alkyl halides is 6. The molecule has 2 aromatic carbocycles. The van der Waals surface area contributed by atoms with E-state index in [4.69, 9.17) is 9.47 Å². The number of hydrogen-bond donors (Lipinski definition) is 3. The van der Waals surface area contributed by atoms with Crippen LogP contribution in [0.4, 0.5) is 41.2 Å². The number of carbonyl (C=O) groups is 1. The molecule has 0 saturated carbocycles. The molecule has 0 aliphatic carbocycles. The fourth-order valence-electron chi connectivity index (χ4n) is 4.19. The van der Waals surface area contributed by atoms with Gasteiger partial charge in [0.05, 0.1) is 18.3 Å². The molecule has 3 unspecified atom stereocenters. The number of rotatable bonds is 6. The second-order valence-corrected chi connectivity index (χ2v) is 8.45. The Morgan fingerprint density at radius 2 is 1.84 bits per heavy atom. The maximum atomic E-state index is 14.2. The fourth-order valence-corrected chi connectivity index (χ4v) is 4.19. The molecule has 0 radical (unpaired) electrons. The van der Waals surface area contributed by atoms with Gasteiger partial charge in [0.2, 0.25) is 0 Å². The van der Waals surface area contributed by atoms with Crippen molar-refractivity contribution in [3.8, 4) is 11.5 Å². The van der Waals surface area contributed by atoms with Crippen LogP contribution >= 0.6 is 0 Å². The number of hydrogen-bond acceptors (Lipinski definition) is 5. The van der Waals surface area contributed by atoms with E-state index in [1.165, 1.54) is 24.3 Å². The number of anilines is 1. The summed E-state index contributed by atoms with van der Waals surface area (Å²) < 4.78 is 107. The first-order chi connectivity index (χ1) is 17.4. The number of urea groups is 1. The van der Waals surface area contributed by atoms with Crippen LogP contribution in [0.3, 0.4) is 0 Å². The molecular formula is C23H22F7N3O4. The molecule has 4 rings (SSSR count). The van der Waals surface area contributed by atoms with Gasteiger partial charge in [-0.2, -0.15) is 13.2 Å². The Kier molecular flexibility index (Phi) is 7.42. The molecule has 2 amide bonds. The SMILES string of the molecule is O=C(Nc1ccc(OC(F)(F)F)cc1F)NC1CCCNC1Oc1ccccc1C1(C(F)(F)F)CCO1. The summed E-state index contributed by atoms with van der Waals surface area (Å²) in [6, 6.07) is 6.16. The molecule has 2 heterocycles. The lowest BCUT2D eigenvalue weighted by atomic mass is 9.85. The van der Waals surface area contributed by atoms with Gasteiger partial charge in [-0.25, -0.2) is 9.18 Å². The highest BCUT2D eigenvalue weighted by molar-refractivity contribution is 5.89. The summed E-state index contributed by atoms with van der Waals surface area (Å²) in [7, 11) is 0. The van der Waals surface area contributed by atoms with Crippen molar-refractivity contribution in [2.24, 2.45) is 0 Å². The second-order valence-electron chi connectivity index (χ2n) is 8.45. The van der Waals surface area contributed by atoms with Gasteiger partial charge in [0.15, 0.2) is 11.8 Å². The Morgan fingerprint density at radius 1 is 1.11 bits per heavy atom. The molecule has 7 nitrogen and oxygen atoms in total. The molecule has 2 aliphatic heterocycles. The summed E-state index contributed by atoms with van der Waals surface area (Å²) in [6.07, 6.45) is -9.90. The molecule has 202 valence electrons. The summed E-state index contributed by atoms with van der Waals surface area (Å²) >= 11 is 0. The third-order valence-electron chi connectivity index (χ3n) is 5.98. The van der Waals surface area contributed by atoms with Crippen molar-refractivity contribution < 1.29 is 49.7 Å². The van der Waals surface area contributed by atoms with E-state index in [2.05, 4.69) is 20.7 Å². The van der Waals surface area contributed by atoms with E-state index in [0.717, 1.165) is 12.1 Å². The van der Waals surface area contributed by atoms with Crippen LogP contribution in [0, 0.1) is 5.82 Å². The summed E-state index contributed by atoms with van der Waals surface area (Å²) in [4.78, 5) is 12.5. The first-order valence-electron chi connectivity index (χ1n) is 11.2. The number of halogens is 7. The highest BCUT2D eigenvalue weighted by Crippen LogP contribution is 2.52. The van der Waals surface area contributed by atoms with Crippen molar-refractivity contribution in [3.63, 3.8) is 0 Å². The average Bonchev–Trinajstić information content (AvgIpc) is 2.75. The Labute approximate surface area is 206 Å². The van der Waals surface area contributed by atoms with Crippen LogP contribution in [0.1, 0.15) is 24.8 Å². The van der Waals surface area contributed by atoms with Crippen molar-refractivity contribution >= 4 is 11.7 Å². The quantitative estimate of drug-likeness (QED) is 0.443. The Morgan fingerprint density at radius 3 is 2.46 bits per heavy atom. The first kappa shape index (κ1) is 26.8. The molecule has 2 saturated heterocycles. The summed E-state index contributed by atoms with van der Waals surface area (Å²) in [6.45, 7) is 0.405. The van der Waals surface area contributed by atoms with Crippen LogP contribution in [0.15, 0.2) is 42.5 Å². The van der Waals surface area contributed by atoms with Gasteiger partial charge in [-0.1, -0.05) is 18.2 Å². The van der Waals surface area contributed by atoms with E-state index in [1.54, 1.807) is 0 Å². The minimum Gasteiger partial charge on any atom is -0.473 e. The normalized spacial score (nSPS) is 24.1. The topological polar surface area (TPSA) is 80.9 Å². The van der Waals surface area contributed by atoms with Gasteiger partial charge >= 0.3 is 18.6 Å². The smallest absolute Gasteiger partial charge is 0.473 e. The lowest BCUT2D eigenvalue weighted by Gasteiger charge is -2.44. The molecular weight excluding hydrogens is 515 g/mol. The number of para-hydroxylation sites is 1. The standard InChI is InChI=1S/C23H22F7N3O4/c24-15-12-13(37-23(28,29)30)7-8-16(15)32-20(34)33-17-5-3-10-31-19(17)36-18-6-2-1-4-14(18)21(9-11-35-21)22(25,26)27/h1-2,4,6-8,12,17,19,31H,3,5,9-11H2,(H2,32,33,34). The van der Waals surface area contributed by atoms with Gasteiger partial charge in [-0.05, 0) is 37.6 Å². The number of ether oxygens (including phenoxy) is 3. The van der Waals surface area contributed by atoms with Crippen LogP contribution in [0.25, 0.3) is 0 Å². The number of benzene rings is 2. The van der Waals surface area contributed by atoms with E-state index in [1.807, 2.05) is 0 Å². The number of carbonyl (C=O) groups excluding carboxylic acids is 1. The molecule has 0 spiro atoms. The van der Waals surface area contributed by atoms with Crippen molar-refractivity contribution in [1.82, 2.24) is 10.6 Å². The molecule has 3 atom stereocenters. The Bertz CT molecular complexity index is 1120. The van der Waals surface area contributed by atoms with Crippen molar-refractivity contribution in [3.05, 3.63) is 53.8 Å². The molecule has 37 heavy (non-hydrogen) atoms. The Hall–Kier alpha value is -3.26. The maximum absolute atomic E-state index is 14.2. The zero-order valence-electron chi connectivity index (χ0n) is 19.0. The Balaban J connectivity index is 1.45. The lowest BCUT2D eigenvalue weighted by Crippen LogP contribution is -2.57. The van der Waals surface area contributed by atoms with Gasteiger partial charge in [0.25, 0.3) is 0 Å². The van der Waals surface area contributed by atoms with Crippen LogP contribution < -0.4 is 25.4 Å². The van der Waals surface area contributed by atoms with E-state index >= 15 is 0 Å². The highest BCUT2D eigenvalue weighted by atomic mass is 19.4. The van der Waals surface area contributed by atoms with Gasteiger partial charge in [0.1, 0.15) is 17.3 Å². The van der Waals surface area contributed by atoms with Gasteiger partial charge in [0, 0.05) is 18.1 Å².